The van der Waals surface area contributed by atoms with Gasteiger partial charge in [-0.1, -0.05) is 39.0 Å². The number of carbonyl (C=O) groups is 1. The summed E-state index contributed by atoms with van der Waals surface area (Å²) in [5, 5.41) is 0. The molecule has 0 spiro atoms. The highest BCUT2D eigenvalue weighted by atomic mass is 19.1. The van der Waals surface area contributed by atoms with Crippen LogP contribution in [0.2, 0.25) is 0 Å². The minimum absolute atomic E-state index is 0.156. The lowest BCUT2D eigenvalue weighted by Crippen LogP contribution is -2.48. The Morgan fingerprint density at radius 2 is 1.76 bits per heavy atom. The van der Waals surface area contributed by atoms with E-state index in [1.807, 2.05) is 43.9 Å². The number of likely N-dealkylation sites (tertiary alicyclic amines) is 1. The molecule has 2 heterocycles. The first-order valence-corrected chi connectivity index (χ1v) is 11.9. The number of benzene rings is 2. The number of hydrogen-bond donors (Lipinski definition) is 0. The lowest BCUT2D eigenvalue weighted by atomic mass is 9.88. The average molecular weight is 454 g/mol. The quantitative estimate of drug-likeness (QED) is 0.678. The Labute approximate surface area is 197 Å². The Morgan fingerprint density at radius 3 is 2.42 bits per heavy atom. The van der Waals surface area contributed by atoms with Gasteiger partial charge in [-0.15, -0.1) is 0 Å². The molecule has 5 nitrogen and oxygen atoms in total. The van der Waals surface area contributed by atoms with Crippen molar-refractivity contribution < 1.29 is 13.9 Å². The molecule has 6 heteroatoms. The normalized spacial score (nSPS) is 22.0. The van der Waals surface area contributed by atoms with Crippen LogP contribution in [0.25, 0.3) is 0 Å². The van der Waals surface area contributed by atoms with E-state index in [1.54, 1.807) is 19.2 Å². The molecule has 33 heavy (non-hydrogen) atoms. The van der Waals surface area contributed by atoms with Gasteiger partial charge in [0.05, 0.1) is 7.11 Å². The van der Waals surface area contributed by atoms with Crippen LogP contribution in [0, 0.1) is 17.2 Å². The minimum atomic E-state index is -0.413. The van der Waals surface area contributed by atoms with E-state index >= 15 is 0 Å². The smallest absolute Gasteiger partial charge is 0.227 e. The van der Waals surface area contributed by atoms with Crippen LogP contribution in [0.3, 0.4) is 0 Å². The van der Waals surface area contributed by atoms with E-state index in [-0.39, 0.29) is 17.6 Å². The lowest BCUT2D eigenvalue weighted by Gasteiger charge is -2.38. The van der Waals surface area contributed by atoms with Gasteiger partial charge in [0.1, 0.15) is 11.6 Å². The topological polar surface area (TPSA) is 36.0 Å². The van der Waals surface area contributed by atoms with Crippen LogP contribution in [-0.4, -0.2) is 68.6 Å². The van der Waals surface area contributed by atoms with Crippen LogP contribution in [0.4, 0.5) is 10.1 Å². The van der Waals surface area contributed by atoms with Gasteiger partial charge in [-0.2, -0.15) is 0 Å². The number of nitrogens with zero attached hydrogens (tertiary/aromatic N) is 3. The van der Waals surface area contributed by atoms with Crippen molar-refractivity contribution in [2.75, 3.05) is 57.8 Å². The maximum Gasteiger partial charge on any atom is 0.227 e. The molecule has 1 amide bonds. The summed E-state index contributed by atoms with van der Waals surface area (Å²) < 4.78 is 19.4. The monoisotopic (exact) mass is 453 g/mol. The number of methoxy groups -OCH3 is 1. The summed E-state index contributed by atoms with van der Waals surface area (Å²) in [5.41, 5.74) is 1.78. The first-order chi connectivity index (χ1) is 15.7. The fraction of sp³-hybridized carbons (Fsp3) is 0.519. The first kappa shape index (κ1) is 23.6. The predicted molar refractivity (Wildman–Crippen MR) is 130 cm³/mol. The van der Waals surface area contributed by atoms with Gasteiger partial charge >= 0.3 is 0 Å². The summed E-state index contributed by atoms with van der Waals surface area (Å²) in [6.45, 7) is 12.1. The molecule has 0 aliphatic carbocycles. The predicted octanol–water partition coefficient (Wildman–Crippen LogP) is 4.24. The number of ether oxygens (including phenoxy) is 1. The molecule has 178 valence electrons. The molecule has 2 aromatic carbocycles. The van der Waals surface area contributed by atoms with Crippen molar-refractivity contribution in [3.63, 3.8) is 0 Å². The number of carbonyl (C=O) groups excluding carboxylic acids is 1. The number of rotatable bonds is 5. The Morgan fingerprint density at radius 1 is 1.03 bits per heavy atom. The molecule has 0 N–H and O–H groups in total. The van der Waals surface area contributed by atoms with E-state index in [4.69, 9.17) is 4.74 Å². The molecule has 2 aliphatic rings. The van der Waals surface area contributed by atoms with E-state index in [0.29, 0.717) is 12.5 Å². The molecule has 2 saturated heterocycles. The molecule has 0 radical (unpaired) electrons. The zero-order chi connectivity index (χ0) is 23.6. The lowest BCUT2D eigenvalue weighted by molar-refractivity contribution is -0.138. The van der Waals surface area contributed by atoms with Crippen LogP contribution in [0.1, 0.15) is 32.3 Å². The molecule has 0 aromatic heterocycles. The SMILES string of the molecule is COc1cccc(N2CCN(C[C@H]3CN(C(=O)C(C)(C)C)C[C@@H]3c3cccc(F)c3)CC2)c1. The molecule has 2 fully saturated rings. The molecule has 0 saturated carbocycles. The van der Waals surface area contributed by atoms with Gasteiger partial charge in [0.15, 0.2) is 0 Å². The fourth-order valence-corrected chi connectivity index (χ4v) is 5.14. The molecule has 0 unspecified atom stereocenters. The van der Waals surface area contributed by atoms with Gasteiger partial charge in [0, 0.05) is 68.9 Å². The number of amides is 1. The summed E-state index contributed by atoms with van der Waals surface area (Å²) in [4.78, 5) is 19.9. The zero-order valence-corrected chi connectivity index (χ0v) is 20.3. The van der Waals surface area contributed by atoms with Gasteiger partial charge in [-0.3, -0.25) is 9.69 Å². The number of hydrogen-bond acceptors (Lipinski definition) is 4. The Kier molecular flexibility index (Phi) is 6.94. The second kappa shape index (κ2) is 9.72. The molecule has 2 aromatic rings. The van der Waals surface area contributed by atoms with E-state index in [1.165, 1.54) is 11.8 Å². The highest BCUT2D eigenvalue weighted by Crippen LogP contribution is 2.36. The summed E-state index contributed by atoms with van der Waals surface area (Å²) in [6.07, 6.45) is 0. The molecular weight excluding hydrogens is 417 g/mol. The number of halogens is 1. The minimum Gasteiger partial charge on any atom is -0.497 e. The van der Waals surface area contributed by atoms with Gasteiger partial charge < -0.3 is 14.5 Å². The summed E-state index contributed by atoms with van der Waals surface area (Å²) in [5.74, 6) is 1.29. The van der Waals surface area contributed by atoms with Crippen LogP contribution in [0.5, 0.6) is 5.75 Å². The van der Waals surface area contributed by atoms with Gasteiger partial charge in [-0.25, -0.2) is 4.39 Å². The second-order valence-electron chi connectivity index (χ2n) is 10.4. The highest BCUT2D eigenvalue weighted by Gasteiger charge is 2.40. The van der Waals surface area contributed by atoms with Crippen molar-refractivity contribution in [2.24, 2.45) is 11.3 Å². The fourth-order valence-electron chi connectivity index (χ4n) is 5.14. The van der Waals surface area contributed by atoms with Crippen molar-refractivity contribution in [1.82, 2.24) is 9.80 Å². The maximum absolute atomic E-state index is 14.0. The number of piperazine rings is 1. The molecule has 2 aliphatic heterocycles. The summed E-state index contributed by atoms with van der Waals surface area (Å²) in [7, 11) is 1.70. The van der Waals surface area contributed by atoms with E-state index in [0.717, 1.165) is 50.6 Å². The molecule has 4 rings (SSSR count). The van der Waals surface area contributed by atoms with Crippen LogP contribution in [0.15, 0.2) is 48.5 Å². The standard InChI is InChI=1S/C27H36FN3O2/c1-27(2,3)26(32)31-18-21(25(19-31)20-7-5-8-22(28)15-20)17-29-11-13-30(14-12-29)23-9-6-10-24(16-23)33-4/h5-10,15-16,21,25H,11-14,17-19H2,1-4H3/t21-,25+/m0/s1. The molecule has 2 atom stereocenters. The Hall–Kier alpha value is -2.60. The second-order valence-corrected chi connectivity index (χ2v) is 10.4. The third-order valence-corrected chi connectivity index (χ3v) is 6.93. The van der Waals surface area contributed by atoms with Crippen molar-refractivity contribution in [3.05, 3.63) is 59.9 Å². The van der Waals surface area contributed by atoms with E-state index in [2.05, 4.69) is 21.9 Å². The summed E-state index contributed by atoms with van der Waals surface area (Å²) in [6, 6.07) is 15.1. The summed E-state index contributed by atoms with van der Waals surface area (Å²) >= 11 is 0. The Balaban J connectivity index is 1.44. The first-order valence-electron chi connectivity index (χ1n) is 11.9. The number of anilines is 1. The van der Waals surface area contributed by atoms with Crippen LogP contribution >= 0.6 is 0 Å². The van der Waals surface area contributed by atoms with Gasteiger partial charge in [-0.05, 0) is 35.7 Å². The van der Waals surface area contributed by atoms with Gasteiger partial charge in [0.25, 0.3) is 0 Å². The molecule has 0 bridgehead atoms. The van der Waals surface area contributed by atoms with Crippen LogP contribution in [-0.2, 0) is 4.79 Å². The third kappa shape index (κ3) is 5.49. The van der Waals surface area contributed by atoms with Gasteiger partial charge in [0.2, 0.25) is 5.91 Å². The van der Waals surface area contributed by atoms with Crippen LogP contribution < -0.4 is 9.64 Å². The average Bonchev–Trinajstić information content (AvgIpc) is 3.22. The maximum atomic E-state index is 14.0. The van der Waals surface area contributed by atoms with Crippen molar-refractivity contribution in [3.8, 4) is 5.75 Å². The van der Waals surface area contributed by atoms with E-state index in [9.17, 15) is 9.18 Å². The third-order valence-electron chi connectivity index (χ3n) is 6.93. The van der Waals surface area contributed by atoms with Crippen molar-refractivity contribution in [2.45, 2.75) is 26.7 Å². The van der Waals surface area contributed by atoms with Crippen molar-refractivity contribution in [1.29, 1.82) is 0 Å². The Bertz CT molecular complexity index is 966. The van der Waals surface area contributed by atoms with E-state index < -0.39 is 5.41 Å². The highest BCUT2D eigenvalue weighted by molar-refractivity contribution is 5.82. The zero-order valence-electron chi connectivity index (χ0n) is 20.3. The molecular formula is C27H36FN3O2. The van der Waals surface area contributed by atoms with Crippen molar-refractivity contribution >= 4 is 11.6 Å². The largest absolute Gasteiger partial charge is 0.497 e.